The van der Waals surface area contributed by atoms with E-state index in [4.69, 9.17) is 4.74 Å². The zero-order valence-electron chi connectivity index (χ0n) is 12.0. The maximum Gasteiger partial charge on any atom is 0.333 e. The summed E-state index contributed by atoms with van der Waals surface area (Å²) in [4.78, 5) is 36.2. The van der Waals surface area contributed by atoms with Gasteiger partial charge < -0.3 is 10.1 Å². The summed E-state index contributed by atoms with van der Waals surface area (Å²) in [6, 6.07) is 0. The highest BCUT2D eigenvalue weighted by Crippen LogP contribution is 2.28. The van der Waals surface area contributed by atoms with Crippen molar-refractivity contribution in [3.8, 4) is 0 Å². The van der Waals surface area contributed by atoms with Gasteiger partial charge in [-0.25, -0.2) is 4.79 Å². The lowest BCUT2D eigenvalue weighted by Gasteiger charge is -2.17. The topological polar surface area (TPSA) is 75.7 Å². The Kier molecular flexibility index (Phi) is 6.57. The van der Waals surface area contributed by atoms with E-state index in [1.807, 2.05) is 13.8 Å². The summed E-state index contributed by atoms with van der Waals surface area (Å²) < 4.78 is 4.80. The molecule has 0 bridgehead atoms. The van der Waals surface area contributed by atoms with Crippen LogP contribution in [-0.4, -0.2) is 48.1 Å². The van der Waals surface area contributed by atoms with Crippen LogP contribution in [-0.2, 0) is 19.1 Å². The third-order valence-corrected chi connectivity index (χ3v) is 3.47. The molecule has 1 N–H and O–H groups in total. The van der Waals surface area contributed by atoms with E-state index in [0.29, 0.717) is 17.5 Å². The Hall–Kier alpha value is -1.50. The number of amides is 2. The van der Waals surface area contributed by atoms with E-state index in [1.54, 1.807) is 6.92 Å². The largest absolute Gasteiger partial charge is 0.463 e. The van der Waals surface area contributed by atoms with Gasteiger partial charge in [0.1, 0.15) is 6.54 Å². The highest BCUT2D eigenvalue weighted by Gasteiger charge is 2.29. The minimum atomic E-state index is -0.503. The first-order chi connectivity index (χ1) is 9.43. The van der Waals surface area contributed by atoms with Gasteiger partial charge in [0, 0.05) is 6.54 Å². The summed E-state index contributed by atoms with van der Waals surface area (Å²) in [6.07, 6.45) is 1.26. The molecule has 0 aromatic carbocycles. The zero-order valence-corrected chi connectivity index (χ0v) is 12.8. The van der Waals surface area contributed by atoms with Crippen LogP contribution in [0, 0.1) is 5.92 Å². The van der Waals surface area contributed by atoms with Crippen LogP contribution in [0.2, 0.25) is 0 Å². The number of ether oxygens (including phenoxy) is 1. The van der Waals surface area contributed by atoms with Crippen molar-refractivity contribution in [2.45, 2.75) is 20.8 Å². The van der Waals surface area contributed by atoms with E-state index in [2.05, 4.69) is 5.32 Å². The van der Waals surface area contributed by atoms with E-state index in [1.165, 1.54) is 22.7 Å². The fourth-order valence-corrected chi connectivity index (χ4v) is 2.43. The number of hydrogen-bond donors (Lipinski definition) is 1. The van der Waals surface area contributed by atoms with Crippen molar-refractivity contribution in [1.82, 2.24) is 10.2 Å². The van der Waals surface area contributed by atoms with Crippen LogP contribution in [0.1, 0.15) is 20.8 Å². The Morgan fingerprint density at radius 3 is 2.80 bits per heavy atom. The normalized spacial score (nSPS) is 16.9. The third-order valence-electron chi connectivity index (χ3n) is 2.45. The van der Waals surface area contributed by atoms with Crippen LogP contribution < -0.4 is 5.32 Å². The van der Waals surface area contributed by atoms with Crippen LogP contribution in [0.25, 0.3) is 0 Å². The number of nitrogens with zero attached hydrogens (tertiary/aromatic N) is 1. The zero-order chi connectivity index (χ0) is 15.1. The van der Waals surface area contributed by atoms with Crippen molar-refractivity contribution < 1.29 is 19.1 Å². The van der Waals surface area contributed by atoms with Gasteiger partial charge in [-0.3, -0.25) is 14.5 Å². The van der Waals surface area contributed by atoms with Crippen molar-refractivity contribution in [2.24, 2.45) is 5.92 Å². The molecule has 1 rings (SSSR count). The van der Waals surface area contributed by atoms with Crippen LogP contribution in [0.4, 0.5) is 0 Å². The summed E-state index contributed by atoms with van der Waals surface area (Å²) in [5.74, 6) is -0.327. The van der Waals surface area contributed by atoms with Crippen LogP contribution in [0.15, 0.2) is 11.1 Å². The van der Waals surface area contributed by atoms with Gasteiger partial charge in [0.25, 0.3) is 0 Å². The lowest BCUT2D eigenvalue weighted by atomic mass is 10.2. The molecule has 0 aliphatic carbocycles. The standard InChI is InChI=1S/C13H20N2O4S/c1-4-19-13(18)5-12-15(11(17)8-20-12)7-10(16)14-6-9(2)3/h5,9H,4,6-8H2,1-3H3,(H,14,16)/b12-5-. The molecule has 1 aliphatic heterocycles. The number of rotatable bonds is 6. The molecule has 0 aromatic heterocycles. The van der Waals surface area contributed by atoms with Crippen molar-refractivity contribution >= 4 is 29.5 Å². The van der Waals surface area contributed by atoms with Gasteiger partial charge >= 0.3 is 5.97 Å². The monoisotopic (exact) mass is 300 g/mol. The molecule has 1 aliphatic rings. The molecule has 112 valence electrons. The first-order valence-corrected chi connectivity index (χ1v) is 7.51. The number of esters is 1. The molecule has 0 saturated carbocycles. The molecule has 0 unspecified atom stereocenters. The fourth-order valence-electron chi connectivity index (χ4n) is 1.50. The maximum absolute atomic E-state index is 11.7. The average Bonchev–Trinajstić information content (AvgIpc) is 2.69. The molecule has 1 saturated heterocycles. The summed E-state index contributed by atoms with van der Waals surface area (Å²) >= 11 is 1.24. The summed E-state index contributed by atoms with van der Waals surface area (Å²) in [5, 5.41) is 3.21. The Labute approximate surface area is 122 Å². The number of carbonyl (C=O) groups excluding carboxylic acids is 3. The molecule has 6 nitrogen and oxygen atoms in total. The Morgan fingerprint density at radius 2 is 2.20 bits per heavy atom. The molecule has 2 amide bonds. The minimum Gasteiger partial charge on any atom is -0.463 e. The highest BCUT2D eigenvalue weighted by molar-refractivity contribution is 8.04. The van der Waals surface area contributed by atoms with Gasteiger partial charge in [0.05, 0.1) is 23.5 Å². The van der Waals surface area contributed by atoms with Gasteiger partial charge in [-0.2, -0.15) is 0 Å². The van der Waals surface area contributed by atoms with Crippen molar-refractivity contribution in [2.75, 3.05) is 25.4 Å². The van der Waals surface area contributed by atoms with E-state index in [-0.39, 0.29) is 30.7 Å². The lowest BCUT2D eigenvalue weighted by Crippen LogP contribution is -2.38. The van der Waals surface area contributed by atoms with E-state index in [9.17, 15) is 14.4 Å². The summed E-state index contributed by atoms with van der Waals surface area (Å²) in [6.45, 7) is 6.46. The summed E-state index contributed by atoms with van der Waals surface area (Å²) in [5.41, 5.74) is 0. The Balaban J connectivity index is 2.62. The second-order valence-electron chi connectivity index (χ2n) is 4.70. The lowest BCUT2D eigenvalue weighted by molar-refractivity contribution is -0.137. The number of carbonyl (C=O) groups is 3. The molecule has 20 heavy (non-hydrogen) atoms. The van der Waals surface area contributed by atoms with E-state index in [0.717, 1.165) is 0 Å². The Bertz CT molecular complexity index is 421. The van der Waals surface area contributed by atoms with Crippen LogP contribution in [0.3, 0.4) is 0 Å². The van der Waals surface area contributed by atoms with Gasteiger partial charge in [-0.05, 0) is 12.8 Å². The third kappa shape index (κ3) is 5.24. The molecule has 7 heteroatoms. The predicted octanol–water partition coefficient (Wildman–Crippen LogP) is 0.738. The second kappa shape index (κ2) is 7.94. The second-order valence-corrected chi connectivity index (χ2v) is 5.70. The van der Waals surface area contributed by atoms with Crippen LogP contribution >= 0.6 is 11.8 Å². The molecule has 0 aromatic rings. The number of thioether (sulfide) groups is 1. The summed E-state index contributed by atoms with van der Waals surface area (Å²) in [7, 11) is 0. The fraction of sp³-hybridized carbons (Fsp3) is 0.615. The molecule has 1 fully saturated rings. The van der Waals surface area contributed by atoms with Gasteiger partial charge in [0.2, 0.25) is 11.8 Å². The maximum atomic E-state index is 11.7. The van der Waals surface area contributed by atoms with Crippen LogP contribution in [0.5, 0.6) is 0 Å². The van der Waals surface area contributed by atoms with E-state index < -0.39 is 5.97 Å². The van der Waals surface area contributed by atoms with E-state index >= 15 is 0 Å². The highest BCUT2D eigenvalue weighted by atomic mass is 32.2. The molecular formula is C13H20N2O4S. The number of nitrogens with one attached hydrogen (secondary N) is 1. The quantitative estimate of drug-likeness (QED) is 0.578. The first kappa shape index (κ1) is 16.6. The minimum absolute atomic E-state index is 0.0657. The van der Waals surface area contributed by atoms with Gasteiger partial charge in [-0.1, -0.05) is 25.6 Å². The van der Waals surface area contributed by atoms with Crippen molar-refractivity contribution in [3.05, 3.63) is 11.1 Å². The van der Waals surface area contributed by atoms with Crippen molar-refractivity contribution in [3.63, 3.8) is 0 Å². The first-order valence-electron chi connectivity index (χ1n) is 6.52. The molecular weight excluding hydrogens is 280 g/mol. The number of hydrogen-bond acceptors (Lipinski definition) is 5. The predicted molar refractivity (Wildman–Crippen MR) is 76.7 cm³/mol. The molecule has 0 spiro atoms. The average molecular weight is 300 g/mol. The molecule has 0 atom stereocenters. The van der Waals surface area contributed by atoms with Gasteiger partial charge in [0.15, 0.2) is 0 Å². The SMILES string of the molecule is CCOC(=O)/C=C1\SCC(=O)N1CC(=O)NCC(C)C. The van der Waals surface area contributed by atoms with Gasteiger partial charge in [-0.15, -0.1) is 0 Å². The molecule has 0 radical (unpaired) electrons. The smallest absolute Gasteiger partial charge is 0.333 e. The van der Waals surface area contributed by atoms with Crippen molar-refractivity contribution in [1.29, 1.82) is 0 Å². The molecule has 1 heterocycles. The Morgan fingerprint density at radius 1 is 1.50 bits per heavy atom.